The molecule has 4 bridgehead atoms. The molecule has 7 nitrogen and oxygen atoms in total. The molecule has 1 aromatic heterocycles. The molecule has 2 heterocycles. The van der Waals surface area contributed by atoms with Crippen molar-refractivity contribution >= 4 is 34.0 Å². The van der Waals surface area contributed by atoms with E-state index >= 15 is 0 Å². The fourth-order valence-corrected chi connectivity index (χ4v) is 7.79. The molecule has 168 valence electrons. The molecule has 0 atom stereocenters. The lowest BCUT2D eigenvalue weighted by Crippen LogP contribution is -2.48. The number of nitrogens with one attached hydrogen (secondary N) is 1. The largest absolute Gasteiger partial charge is 0.484 e. The van der Waals surface area contributed by atoms with Gasteiger partial charge in [-0.25, -0.2) is 0 Å². The summed E-state index contributed by atoms with van der Waals surface area (Å²) >= 11 is 1.54. The molecule has 1 aliphatic heterocycles. The van der Waals surface area contributed by atoms with Crippen molar-refractivity contribution in [2.45, 2.75) is 56.8 Å². The van der Waals surface area contributed by atoms with E-state index < -0.39 is 0 Å². The molecule has 0 unspecified atom stereocenters. The monoisotopic (exact) mass is 452 g/mol. The lowest BCUT2D eigenvalue weighted by Gasteiger charge is -2.55. The van der Waals surface area contributed by atoms with Gasteiger partial charge in [-0.15, -0.1) is 10.2 Å². The fraction of sp³-hybridized carbons (Fsp3) is 0.583. The van der Waals surface area contributed by atoms with Crippen molar-refractivity contribution in [1.29, 1.82) is 0 Å². The predicted octanol–water partition coefficient (Wildman–Crippen LogP) is 4.15. The molecule has 2 amide bonds. The van der Waals surface area contributed by atoms with Gasteiger partial charge in [-0.05, 0) is 87.0 Å². The molecule has 0 spiro atoms. The van der Waals surface area contributed by atoms with Crippen molar-refractivity contribution in [1.82, 2.24) is 10.2 Å². The third-order valence-corrected chi connectivity index (χ3v) is 8.84. The zero-order valence-electron chi connectivity index (χ0n) is 18.1. The number of ether oxygens (including phenoxy) is 1. The third kappa shape index (κ3) is 3.68. The van der Waals surface area contributed by atoms with E-state index in [1.165, 1.54) is 38.5 Å². The average molecular weight is 453 g/mol. The zero-order chi connectivity index (χ0) is 21.7. The Morgan fingerprint density at radius 3 is 2.41 bits per heavy atom. The van der Waals surface area contributed by atoms with Gasteiger partial charge in [0, 0.05) is 24.1 Å². The molecular weight excluding hydrogens is 424 g/mol. The van der Waals surface area contributed by atoms with Gasteiger partial charge in [0.05, 0.1) is 0 Å². The number of carbonyl (C=O) groups is 2. The average Bonchev–Trinajstić information content (AvgIpc) is 3.41. The summed E-state index contributed by atoms with van der Waals surface area (Å²) in [5.41, 5.74) is 1.07. The highest BCUT2D eigenvalue weighted by atomic mass is 32.1. The Balaban J connectivity index is 1.05. The quantitative estimate of drug-likeness (QED) is 0.712. The van der Waals surface area contributed by atoms with Crippen LogP contribution in [0.3, 0.4) is 0 Å². The number of rotatable bonds is 6. The molecule has 5 fully saturated rings. The normalized spacial score (nSPS) is 30.7. The minimum atomic E-state index is -0.239. The van der Waals surface area contributed by atoms with Gasteiger partial charge >= 0.3 is 0 Å². The van der Waals surface area contributed by atoms with E-state index in [0.29, 0.717) is 17.3 Å². The molecule has 1 saturated heterocycles. The summed E-state index contributed by atoms with van der Waals surface area (Å²) < 4.78 is 5.63. The summed E-state index contributed by atoms with van der Waals surface area (Å²) in [4.78, 5) is 26.1. The second-order valence-electron chi connectivity index (χ2n) is 10.1. The molecule has 8 heteroatoms. The highest BCUT2D eigenvalue weighted by Gasteiger charge is 2.53. The van der Waals surface area contributed by atoms with Crippen molar-refractivity contribution in [2.24, 2.45) is 17.8 Å². The lowest BCUT2D eigenvalue weighted by molar-refractivity contribution is -0.118. The van der Waals surface area contributed by atoms with Crippen LogP contribution in [0.15, 0.2) is 24.3 Å². The van der Waals surface area contributed by atoms with Gasteiger partial charge in [0.1, 0.15) is 10.8 Å². The smallest absolute Gasteiger partial charge is 0.264 e. The van der Waals surface area contributed by atoms with Crippen LogP contribution in [0.25, 0.3) is 0 Å². The minimum Gasteiger partial charge on any atom is -0.484 e. The van der Waals surface area contributed by atoms with Gasteiger partial charge in [-0.3, -0.25) is 14.9 Å². The van der Waals surface area contributed by atoms with Crippen molar-refractivity contribution in [2.75, 3.05) is 23.4 Å². The number of amides is 2. The molecule has 5 aliphatic rings. The van der Waals surface area contributed by atoms with Gasteiger partial charge in [-0.1, -0.05) is 11.3 Å². The van der Waals surface area contributed by atoms with Crippen molar-refractivity contribution < 1.29 is 14.3 Å². The molecular formula is C24H28N4O3S. The maximum absolute atomic E-state index is 12.4. The SMILES string of the molecule is O=C(COc1ccc(N2CCCC2=O)cc1)Nc1nnc(C23CC4CC(CC(C4)C2)C3)s1. The van der Waals surface area contributed by atoms with E-state index in [0.717, 1.165) is 41.4 Å². The first-order valence-corrected chi connectivity index (χ1v) is 12.5. The maximum Gasteiger partial charge on any atom is 0.264 e. The van der Waals surface area contributed by atoms with E-state index in [1.807, 2.05) is 12.1 Å². The second kappa shape index (κ2) is 7.83. The fourth-order valence-electron chi connectivity index (χ4n) is 6.81. The van der Waals surface area contributed by atoms with E-state index in [-0.39, 0.29) is 23.8 Å². The summed E-state index contributed by atoms with van der Waals surface area (Å²) in [5.74, 6) is 3.08. The minimum absolute atomic E-state index is 0.0890. The van der Waals surface area contributed by atoms with Gasteiger partial charge in [0.25, 0.3) is 5.91 Å². The zero-order valence-corrected chi connectivity index (χ0v) is 18.9. The summed E-state index contributed by atoms with van der Waals surface area (Å²) in [6, 6.07) is 7.31. The topological polar surface area (TPSA) is 84.4 Å². The van der Waals surface area contributed by atoms with Crippen LogP contribution in [0.2, 0.25) is 0 Å². The van der Waals surface area contributed by atoms with E-state index in [1.54, 1.807) is 28.4 Å². The van der Waals surface area contributed by atoms with Crippen molar-refractivity contribution in [3.05, 3.63) is 29.3 Å². The van der Waals surface area contributed by atoms with Gasteiger partial charge in [0.15, 0.2) is 6.61 Å². The number of aromatic nitrogens is 2. The van der Waals surface area contributed by atoms with Gasteiger partial charge in [0.2, 0.25) is 11.0 Å². The number of hydrogen-bond donors (Lipinski definition) is 1. The molecule has 1 N–H and O–H groups in total. The van der Waals surface area contributed by atoms with E-state index in [9.17, 15) is 9.59 Å². The summed E-state index contributed by atoms with van der Waals surface area (Å²) in [5, 5.41) is 13.3. The second-order valence-corrected chi connectivity index (χ2v) is 11.1. The van der Waals surface area contributed by atoms with Crippen LogP contribution in [0, 0.1) is 17.8 Å². The van der Waals surface area contributed by atoms with Crippen LogP contribution >= 0.6 is 11.3 Å². The number of carbonyl (C=O) groups excluding carboxylic acids is 2. The number of hydrogen-bond acceptors (Lipinski definition) is 6. The van der Waals surface area contributed by atoms with Gasteiger partial charge < -0.3 is 9.64 Å². The van der Waals surface area contributed by atoms with Gasteiger partial charge in [-0.2, -0.15) is 0 Å². The number of nitrogens with zero attached hydrogens (tertiary/aromatic N) is 3. The lowest BCUT2D eigenvalue weighted by atomic mass is 9.50. The van der Waals surface area contributed by atoms with E-state index in [4.69, 9.17) is 4.74 Å². The molecule has 32 heavy (non-hydrogen) atoms. The Labute approximate surface area is 191 Å². The van der Waals surface area contributed by atoms with Crippen LogP contribution < -0.4 is 15.0 Å². The standard InChI is InChI=1S/C24H28N4O3S/c29-20(14-31-19-5-3-18(4-6-19)28-7-1-2-21(28)30)25-23-27-26-22(32-23)24-11-15-8-16(12-24)10-17(9-15)13-24/h3-6,15-17H,1-2,7-14H2,(H,25,27,29). The van der Waals surface area contributed by atoms with Crippen molar-refractivity contribution in [3.8, 4) is 5.75 Å². The molecule has 2 aromatic rings. The maximum atomic E-state index is 12.4. The Bertz CT molecular complexity index is 999. The molecule has 7 rings (SSSR count). The first-order chi connectivity index (χ1) is 15.6. The Morgan fingerprint density at radius 1 is 1.09 bits per heavy atom. The summed E-state index contributed by atoms with van der Waals surface area (Å²) in [7, 11) is 0. The van der Waals surface area contributed by atoms with Crippen LogP contribution in [0.5, 0.6) is 5.75 Å². The van der Waals surface area contributed by atoms with E-state index in [2.05, 4.69) is 15.5 Å². The molecule has 4 saturated carbocycles. The van der Waals surface area contributed by atoms with Crippen LogP contribution in [-0.4, -0.2) is 35.2 Å². The Morgan fingerprint density at radius 2 is 1.78 bits per heavy atom. The Hall–Kier alpha value is -2.48. The Kier molecular flexibility index (Phi) is 4.93. The first-order valence-electron chi connectivity index (χ1n) is 11.7. The molecule has 4 aliphatic carbocycles. The first kappa shape index (κ1) is 20.1. The van der Waals surface area contributed by atoms with Crippen LogP contribution in [0.1, 0.15) is 56.4 Å². The van der Waals surface area contributed by atoms with Crippen molar-refractivity contribution in [3.63, 3.8) is 0 Å². The number of benzene rings is 1. The highest BCUT2D eigenvalue weighted by Crippen LogP contribution is 2.61. The third-order valence-electron chi connectivity index (χ3n) is 7.76. The van der Waals surface area contributed by atoms with Crippen LogP contribution in [-0.2, 0) is 15.0 Å². The predicted molar refractivity (Wildman–Crippen MR) is 122 cm³/mol. The highest BCUT2D eigenvalue weighted by molar-refractivity contribution is 7.15. The summed E-state index contributed by atoms with van der Waals surface area (Å²) in [6.07, 6.45) is 9.41. The van der Waals surface area contributed by atoms with Crippen LogP contribution in [0.4, 0.5) is 10.8 Å². The summed E-state index contributed by atoms with van der Waals surface area (Å²) in [6.45, 7) is 0.669. The number of anilines is 2. The molecule has 1 aromatic carbocycles. The molecule has 0 radical (unpaired) electrons.